The average Bonchev–Trinajstić information content (AvgIpc) is 2.71. The lowest BCUT2D eigenvalue weighted by atomic mass is 9.95. The predicted molar refractivity (Wildman–Crippen MR) is 112 cm³/mol. The van der Waals surface area contributed by atoms with Crippen molar-refractivity contribution in [2.45, 2.75) is 30.3 Å². The van der Waals surface area contributed by atoms with Crippen LogP contribution >= 0.6 is 0 Å². The summed E-state index contributed by atoms with van der Waals surface area (Å²) in [5.41, 5.74) is 1.74. The Bertz CT molecular complexity index is 1140. The maximum Gasteiger partial charge on any atom is 0.294 e. The van der Waals surface area contributed by atoms with Crippen molar-refractivity contribution in [3.8, 4) is 0 Å². The lowest BCUT2D eigenvalue weighted by molar-refractivity contribution is 0.0961. The molecule has 0 radical (unpaired) electrons. The van der Waals surface area contributed by atoms with Crippen LogP contribution < -0.4 is 5.32 Å². The molecule has 3 rings (SSSR count). The number of aliphatic hydroxyl groups is 1. The van der Waals surface area contributed by atoms with Crippen molar-refractivity contribution < 1.29 is 22.9 Å². The molecule has 29 heavy (non-hydrogen) atoms. The minimum absolute atomic E-state index is 0.0681. The molecule has 0 fully saturated rings. The quantitative estimate of drug-likeness (QED) is 0.517. The first-order chi connectivity index (χ1) is 13.8. The molecule has 3 N–H and O–H groups in total. The first kappa shape index (κ1) is 21.0. The molecule has 0 aliphatic carbocycles. The summed E-state index contributed by atoms with van der Waals surface area (Å²) in [6.45, 7) is 0. The van der Waals surface area contributed by atoms with Gasteiger partial charge in [-0.25, -0.2) is 0 Å². The maximum absolute atomic E-state index is 12.0. The molecule has 0 saturated heterocycles. The van der Waals surface area contributed by atoms with Crippen LogP contribution in [0.25, 0.3) is 10.8 Å². The minimum atomic E-state index is -4.42. The molecular formula is C22H23NO5S. The molecule has 152 valence electrons. The summed E-state index contributed by atoms with van der Waals surface area (Å²) < 4.78 is 33.3. The molecule has 7 heteroatoms. The molecule has 1 atom stereocenters. The Balaban J connectivity index is 1.86. The Labute approximate surface area is 169 Å². The second kappa shape index (κ2) is 8.73. The fraction of sp³-hybridized carbons (Fsp3) is 0.227. The highest BCUT2D eigenvalue weighted by molar-refractivity contribution is 7.85. The molecular weight excluding hydrogens is 390 g/mol. The van der Waals surface area contributed by atoms with Crippen molar-refractivity contribution in [1.82, 2.24) is 5.32 Å². The number of benzene rings is 3. The summed E-state index contributed by atoms with van der Waals surface area (Å²) in [6.07, 6.45) is 0.0105. The third-order valence-corrected chi connectivity index (χ3v) is 5.89. The highest BCUT2D eigenvalue weighted by Gasteiger charge is 2.20. The monoisotopic (exact) mass is 413 g/mol. The first-order valence-corrected chi connectivity index (χ1v) is 10.7. The topological polar surface area (TPSA) is 104 Å². The Kier molecular flexibility index (Phi) is 6.32. The van der Waals surface area contributed by atoms with Crippen LogP contribution in [0, 0.1) is 0 Å². The zero-order chi connectivity index (χ0) is 21.0. The number of fused-ring (bicyclic) bond motifs is 1. The van der Waals surface area contributed by atoms with E-state index in [1.54, 1.807) is 37.4 Å². The zero-order valence-corrected chi connectivity index (χ0v) is 16.8. The van der Waals surface area contributed by atoms with Crippen molar-refractivity contribution in [2.24, 2.45) is 0 Å². The maximum atomic E-state index is 12.0. The Morgan fingerprint density at radius 2 is 1.72 bits per heavy atom. The summed E-state index contributed by atoms with van der Waals surface area (Å²) >= 11 is 0. The van der Waals surface area contributed by atoms with Gasteiger partial charge in [-0.1, -0.05) is 48.5 Å². The Hall–Kier alpha value is -2.74. The van der Waals surface area contributed by atoms with E-state index in [-0.39, 0.29) is 17.2 Å². The van der Waals surface area contributed by atoms with Gasteiger partial charge in [-0.3, -0.25) is 9.35 Å². The number of hydrogen-bond acceptors (Lipinski definition) is 4. The lowest BCUT2D eigenvalue weighted by Crippen LogP contribution is -2.20. The molecule has 0 aliphatic rings. The van der Waals surface area contributed by atoms with Gasteiger partial charge in [0.2, 0.25) is 0 Å². The minimum Gasteiger partial charge on any atom is -0.393 e. The van der Waals surface area contributed by atoms with E-state index in [0.717, 1.165) is 10.9 Å². The van der Waals surface area contributed by atoms with Gasteiger partial charge in [0.25, 0.3) is 16.0 Å². The van der Waals surface area contributed by atoms with E-state index in [4.69, 9.17) is 0 Å². The van der Waals surface area contributed by atoms with Crippen molar-refractivity contribution in [3.63, 3.8) is 0 Å². The number of rotatable bonds is 7. The van der Waals surface area contributed by atoms with Gasteiger partial charge >= 0.3 is 0 Å². The van der Waals surface area contributed by atoms with E-state index in [1.165, 1.54) is 6.07 Å². The summed E-state index contributed by atoms with van der Waals surface area (Å²) in [6, 6.07) is 17.4. The number of aryl methyl sites for hydroxylation is 1. The molecule has 3 aromatic carbocycles. The number of aliphatic hydroxyl groups excluding tert-OH is 1. The zero-order valence-electron chi connectivity index (χ0n) is 16.0. The molecule has 0 bridgehead atoms. The van der Waals surface area contributed by atoms with E-state index in [0.29, 0.717) is 29.4 Å². The summed E-state index contributed by atoms with van der Waals surface area (Å²) in [5, 5.41) is 14.7. The Morgan fingerprint density at radius 3 is 2.45 bits per heavy atom. The average molecular weight is 413 g/mol. The van der Waals surface area contributed by atoms with E-state index in [2.05, 4.69) is 5.32 Å². The van der Waals surface area contributed by atoms with Crippen LogP contribution in [-0.2, 0) is 23.0 Å². The largest absolute Gasteiger partial charge is 0.393 e. The van der Waals surface area contributed by atoms with Crippen LogP contribution in [0.5, 0.6) is 0 Å². The van der Waals surface area contributed by atoms with Gasteiger partial charge in [-0.15, -0.1) is 0 Å². The molecule has 0 heterocycles. The Morgan fingerprint density at radius 1 is 1.03 bits per heavy atom. The molecule has 0 aromatic heterocycles. The fourth-order valence-electron chi connectivity index (χ4n) is 3.52. The van der Waals surface area contributed by atoms with Crippen molar-refractivity contribution in [2.75, 3.05) is 7.05 Å². The summed E-state index contributed by atoms with van der Waals surface area (Å²) in [5.74, 6) is -0.196. The van der Waals surface area contributed by atoms with Gasteiger partial charge in [-0.2, -0.15) is 8.42 Å². The van der Waals surface area contributed by atoms with E-state index in [1.807, 2.05) is 24.3 Å². The second-order valence-corrected chi connectivity index (χ2v) is 8.26. The normalized spacial score (nSPS) is 12.7. The standard InChI is InChI=1S/C22H23NO5S/c1-23-22(25)19-9-5-3-7-16(19)10-12-17(24)14-20-18-8-4-2-6-15(18)11-13-21(20)29(26,27)28/h2-9,11,13,17,24H,10,12,14H2,1H3,(H,23,25)(H,26,27,28). The molecule has 3 aromatic rings. The molecule has 6 nitrogen and oxygen atoms in total. The van der Waals surface area contributed by atoms with Crippen LogP contribution in [0.1, 0.15) is 27.9 Å². The smallest absolute Gasteiger partial charge is 0.294 e. The van der Waals surface area contributed by atoms with Gasteiger partial charge in [0.05, 0.1) is 11.0 Å². The highest BCUT2D eigenvalue weighted by atomic mass is 32.2. The molecule has 0 saturated carbocycles. The van der Waals surface area contributed by atoms with E-state index in [9.17, 15) is 22.9 Å². The SMILES string of the molecule is CNC(=O)c1ccccc1CCC(O)Cc1c(S(=O)(=O)O)ccc2ccccc12. The van der Waals surface area contributed by atoms with Crippen LogP contribution in [-0.4, -0.2) is 37.1 Å². The van der Waals surface area contributed by atoms with Crippen LogP contribution in [0.15, 0.2) is 65.6 Å². The number of nitrogens with one attached hydrogen (secondary N) is 1. The number of carbonyl (C=O) groups is 1. The van der Waals surface area contributed by atoms with E-state index >= 15 is 0 Å². The van der Waals surface area contributed by atoms with Crippen molar-refractivity contribution >= 4 is 26.8 Å². The van der Waals surface area contributed by atoms with Gasteiger partial charge in [0.15, 0.2) is 0 Å². The lowest BCUT2D eigenvalue weighted by Gasteiger charge is -2.16. The van der Waals surface area contributed by atoms with Crippen LogP contribution in [0.4, 0.5) is 0 Å². The predicted octanol–water partition coefficient (Wildman–Crippen LogP) is 2.98. The van der Waals surface area contributed by atoms with Gasteiger partial charge in [-0.05, 0) is 46.9 Å². The second-order valence-electron chi connectivity index (χ2n) is 6.87. The van der Waals surface area contributed by atoms with E-state index < -0.39 is 16.2 Å². The van der Waals surface area contributed by atoms with Crippen molar-refractivity contribution in [3.05, 3.63) is 77.4 Å². The summed E-state index contributed by atoms with van der Waals surface area (Å²) in [4.78, 5) is 11.8. The number of hydrogen-bond donors (Lipinski definition) is 3. The van der Waals surface area contributed by atoms with Crippen LogP contribution in [0.3, 0.4) is 0 Å². The molecule has 0 aliphatic heterocycles. The first-order valence-electron chi connectivity index (χ1n) is 9.27. The van der Waals surface area contributed by atoms with Gasteiger partial charge in [0.1, 0.15) is 0 Å². The molecule has 1 unspecified atom stereocenters. The van der Waals surface area contributed by atoms with Crippen LogP contribution in [0.2, 0.25) is 0 Å². The number of amides is 1. The number of carbonyl (C=O) groups excluding carboxylic acids is 1. The third kappa shape index (κ3) is 4.82. The fourth-order valence-corrected chi connectivity index (χ4v) is 4.27. The van der Waals surface area contributed by atoms with Crippen molar-refractivity contribution in [1.29, 1.82) is 0 Å². The molecule has 1 amide bonds. The van der Waals surface area contributed by atoms with Gasteiger partial charge < -0.3 is 10.4 Å². The van der Waals surface area contributed by atoms with Gasteiger partial charge in [0, 0.05) is 19.0 Å². The summed E-state index contributed by atoms with van der Waals surface area (Å²) in [7, 11) is -2.86. The highest BCUT2D eigenvalue weighted by Crippen LogP contribution is 2.28. The molecule has 0 spiro atoms. The third-order valence-electron chi connectivity index (χ3n) is 4.95.